The maximum absolute atomic E-state index is 12.5. The van der Waals surface area contributed by atoms with Gasteiger partial charge < -0.3 is 10.0 Å². The molecule has 1 aromatic heterocycles. The van der Waals surface area contributed by atoms with Gasteiger partial charge in [-0.1, -0.05) is 19.3 Å². The van der Waals surface area contributed by atoms with E-state index in [0.29, 0.717) is 23.4 Å². The van der Waals surface area contributed by atoms with Crippen LogP contribution in [0.5, 0.6) is 0 Å². The average molecular weight is 282 g/mol. The number of aliphatic carboxylic acids is 1. The fourth-order valence-corrected chi connectivity index (χ4v) is 3.46. The summed E-state index contributed by atoms with van der Waals surface area (Å²) >= 11 is 1.27. The minimum absolute atomic E-state index is 0.232. The van der Waals surface area contributed by atoms with Gasteiger partial charge in [-0.2, -0.15) is 0 Å². The zero-order valence-corrected chi connectivity index (χ0v) is 12.0. The van der Waals surface area contributed by atoms with E-state index in [4.69, 9.17) is 0 Å². The summed E-state index contributed by atoms with van der Waals surface area (Å²) in [5, 5.41) is 9.57. The summed E-state index contributed by atoms with van der Waals surface area (Å²) in [6.45, 7) is 1.77. The molecule has 104 valence electrons. The predicted molar refractivity (Wildman–Crippen MR) is 72.4 cm³/mol. The number of amides is 1. The van der Waals surface area contributed by atoms with Crippen LogP contribution in [0.3, 0.4) is 0 Å². The second-order valence-electron chi connectivity index (χ2n) is 5.03. The van der Waals surface area contributed by atoms with Gasteiger partial charge in [0.1, 0.15) is 10.4 Å². The number of nitrogens with zero attached hydrogens (tertiary/aromatic N) is 2. The second-order valence-corrected chi connectivity index (χ2v) is 5.88. The van der Waals surface area contributed by atoms with E-state index in [0.717, 1.165) is 19.3 Å². The molecule has 1 heterocycles. The standard InChI is InChI=1S/C13H18N2O3S/c1-9-10(19-8-14-9)11(16)15(2)13(12(17)18)6-4-3-5-7-13/h8H,3-7H2,1-2H3,(H,17,18). The first kappa shape index (κ1) is 14.0. The lowest BCUT2D eigenvalue weighted by molar-refractivity contribution is -0.151. The topological polar surface area (TPSA) is 70.5 Å². The van der Waals surface area contributed by atoms with Gasteiger partial charge >= 0.3 is 5.97 Å². The highest BCUT2D eigenvalue weighted by molar-refractivity contribution is 7.11. The molecular weight excluding hydrogens is 264 g/mol. The van der Waals surface area contributed by atoms with Gasteiger partial charge in [0.25, 0.3) is 5.91 Å². The summed E-state index contributed by atoms with van der Waals surface area (Å²) in [6.07, 6.45) is 3.80. The van der Waals surface area contributed by atoms with E-state index in [1.54, 1.807) is 19.5 Å². The van der Waals surface area contributed by atoms with Gasteiger partial charge in [0.15, 0.2) is 0 Å². The molecule has 0 aliphatic heterocycles. The van der Waals surface area contributed by atoms with Gasteiger partial charge in [-0.3, -0.25) is 4.79 Å². The summed E-state index contributed by atoms with van der Waals surface area (Å²) < 4.78 is 0. The number of rotatable bonds is 3. The molecule has 0 atom stereocenters. The molecule has 1 N–H and O–H groups in total. The number of carbonyl (C=O) groups is 2. The van der Waals surface area contributed by atoms with Crippen molar-refractivity contribution >= 4 is 23.2 Å². The highest BCUT2D eigenvalue weighted by Crippen LogP contribution is 2.34. The van der Waals surface area contributed by atoms with Gasteiger partial charge in [-0.15, -0.1) is 11.3 Å². The van der Waals surface area contributed by atoms with Crippen LogP contribution < -0.4 is 0 Å². The third-order valence-corrected chi connectivity index (χ3v) is 4.88. The summed E-state index contributed by atoms with van der Waals surface area (Å²) in [4.78, 5) is 30.1. The highest BCUT2D eigenvalue weighted by atomic mass is 32.1. The molecule has 0 saturated heterocycles. The van der Waals surface area contributed by atoms with Gasteiger partial charge in [0, 0.05) is 7.05 Å². The van der Waals surface area contributed by atoms with Crippen molar-refractivity contribution < 1.29 is 14.7 Å². The summed E-state index contributed by atoms with van der Waals surface area (Å²) in [6, 6.07) is 0. The van der Waals surface area contributed by atoms with Crippen molar-refractivity contribution in [2.24, 2.45) is 0 Å². The van der Waals surface area contributed by atoms with E-state index in [2.05, 4.69) is 4.98 Å². The van der Waals surface area contributed by atoms with Crippen molar-refractivity contribution in [1.82, 2.24) is 9.88 Å². The van der Waals surface area contributed by atoms with E-state index in [1.807, 2.05) is 0 Å². The van der Waals surface area contributed by atoms with E-state index in [1.165, 1.54) is 16.2 Å². The van der Waals surface area contributed by atoms with Crippen LogP contribution in [-0.2, 0) is 4.79 Å². The van der Waals surface area contributed by atoms with Crippen LogP contribution in [0.4, 0.5) is 0 Å². The maximum Gasteiger partial charge on any atom is 0.329 e. The molecule has 0 aromatic carbocycles. The molecule has 0 spiro atoms. The molecule has 19 heavy (non-hydrogen) atoms. The largest absolute Gasteiger partial charge is 0.479 e. The van der Waals surface area contributed by atoms with Crippen molar-refractivity contribution in [3.05, 3.63) is 16.1 Å². The summed E-state index contributed by atoms with van der Waals surface area (Å²) in [7, 11) is 1.60. The summed E-state index contributed by atoms with van der Waals surface area (Å²) in [5.41, 5.74) is 1.23. The molecule has 1 aliphatic carbocycles. The number of carboxylic acid groups (broad SMARTS) is 1. The Morgan fingerprint density at radius 2 is 2.00 bits per heavy atom. The number of thiazole rings is 1. The lowest BCUT2D eigenvalue weighted by Crippen LogP contribution is -2.56. The first-order valence-electron chi connectivity index (χ1n) is 6.41. The van der Waals surface area contributed by atoms with Crippen LogP contribution in [-0.4, -0.2) is 39.5 Å². The maximum atomic E-state index is 12.5. The number of aryl methyl sites for hydroxylation is 1. The number of carbonyl (C=O) groups excluding carboxylic acids is 1. The molecule has 1 amide bonds. The monoisotopic (exact) mass is 282 g/mol. The number of likely N-dealkylation sites (N-methyl/N-ethyl adjacent to an activating group) is 1. The minimum atomic E-state index is -1.05. The normalized spacial score (nSPS) is 18.0. The first-order chi connectivity index (χ1) is 8.99. The Hall–Kier alpha value is -1.43. The Labute approximate surface area is 116 Å². The molecule has 0 radical (unpaired) electrons. The number of hydrogen-bond acceptors (Lipinski definition) is 4. The third kappa shape index (κ3) is 2.36. The molecule has 2 rings (SSSR count). The molecule has 1 saturated carbocycles. The van der Waals surface area contributed by atoms with Gasteiger partial charge in [0.05, 0.1) is 11.2 Å². The van der Waals surface area contributed by atoms with Crippen molar-refractivity contribution in [3.63, 3.8) is 0 Å². The SMILES string of the molecule is Cc1ncsc1C(=O)N(C)C1(C(=O)O)CCCCC1. The number of hydrogen-bond donors (Lipinski definition) is 1. The molecule has 0 bridgehead atoms. The quantitative estimate of drug-likeness (QED) is 0.923. The molecule has 6 heteroatoms. The molecular formula is C13H18N2O3S. The highest BCUT2D eigenvalue weighted by Gasteiger charge is 2.46. The minimum Gasteiger partial charge on any atom is -0.479 e. The van der Waals surface area contributed by atoms with Crippen LogP contribution in [0.1, 0.15) is 47.5 Å². The smallest absolute Gasteiger partial charge is 0.329 e. The zero-order valence-electron chi connectivity index (χ0n) is 11.2. The van der Waals surface area contributed by atoms with Crippen LogP contribution >= 0.6 is 11.3 Å². The van der Waals surface area contributed by atoms with E-state index < -0.39 is 11.5 Å². The van der Waals surface area contributed by atoms with E-state index in [9.17, 15) is 14.7 Å². The van der Waals surface area contributed by atoms with E-state index in [-0.39, 0.29) is 5.91 Å². The van der Waals surface area contributed by atoms with E-state index >= 15 is 0 Å². The summed E-state index contributed by atoms with van der Waals surface area (Å²) in [5.74, 6) is -1.13. The fraction of sp³-hybridized carbons (Fsp3) is 0.615. The third-order valence-electron chi connectivity index (χ3n) is 3.97. The molecule has 5 nitrogen and oxygen atoms in total. The molecule has 1 aliphatic rings. The van der Waals surface area contributed by atoms with Gasteiger partial charge in [-0.25, -0.2) is 9.78 Å². The Bertz CT molecular complexity index is 492. The van der Waals surface area contributed by atoms with Gasteiger partial charge in [-0.05, 0) is 19.8 Å². The zero-order chi connectivity index (χ0) is 14.0. The van der Waals surface area contributed by atoms with Crippen LogP contribution in [0.25, 0.3) is 0 Å². The van der Waals surface area contributed by atoms with Gasteiger partial charge in [0.2, 0.25) is 0 Å². The lowest BCUT2D eigenvalue weighted by atomic mass is 9.80. The number of carboxylic acids is 1. The first-order valence-corrected chi connectivity index (χ1v) is 7.28. The molecule has 1 aromatic rings. The predicted octanol–water partition coefficient (Wildman–Crippen LogP) is 2.31. The Morgan fingerprint density at radius 1 is 1.37 bits per heavy atom. The Balaban J connectivity index is 2.30. The lowest BCUT2D eigenvalue weighted by Gasteiger charge is -2.40. The molecule has 1 fully saturated rings. The van der Waals surface area contributed by atoms with Crippen molar-refractivity contribution in [1.29, 1.82) is 0 Å². The Morgan fingerprint density at radius 3 is 2.47 bits per heavy atom. The second kappa shape index (κ2) is 5.28. The average Bonchev–Trinajstić information content (AvgIpc) is 2.84. The number of aromatic nitrogens is 1. The van der Waals surface area contributed by atoms with Crippen LogP contribution in [0, 0.1) is 6.92 Å². The van der Waals surface area contributed by atoms with Crippen LogP contribution in [0.2, 0.25) is 0 Å². The Kier molecular flexibility index (Phi) is 3.89. The van der Waals surface area contributed by atoms with Crippen molar-refractivity contribution in [2.75, 3.05) is 7.05 Å². The fourth-order valence-electron chi connectivity index (χ4n) is 2.68. The van der Waals surface area contributed by atoms with Crippen LogP contribution in [0.15, 0.2) is 5.51 Å². The van der Waals surface area contributed by atoms with Crippen molar-refractivity contribution in [3.8, 4) is 0 Å². The molecule has 0 unspecified atom stereocenters. The van der Waals surface area contributed by atoms with Crippen molar-refractivity contribution in [2.45, 2.75) is 44.6 Å².